The maximum absolute atomic E-state index is 13.2. The number of hydrogen-bond acceptors (Lipinski definition) is 3. The number of alkyl halides is 3. The van der Waals surface area contributed by atoms with Crippen LogP contribution >= 0.6 is 0 Å². The third-order valence-electron chi connectivity index (χ3n) is 2.63. The van der Waals surface area contributed by atoms with Crippen LogP contribution in [-0.4, -0.2) is 38.3 Å². The van der Waals surface area contributed by atoms with Gasteiger partial charge in [-0.2, -0.15) is 13.2 Å². The molecule has 1 aromatic carbocycles. The Balaban J connectivity index is 2.68. The van der Waals surface area contributed by atoms with Crippen LogP contribution < -0.4 is 16.0 Å². The molecule has 0 bridgehead atoms. The summed E-state index contributed by atoms with van der Waals surface area (Å²) in [5.74, 6) is -1.27. The molecule has 0 aliphatic rings. The van der Waals surface area contributed by atoms with Crippen molar-refractivity contribution in [1.29, 1.82) is 0 Å². The normalized spacial score (nSPS) is 11.3. The Labute approximate surface area is 119 Å². The molecule has 21 heavy (non-hydrogen) atoms. The molecule has 1 aromatic rings. The van der Waals surface area contributed by atoms with E-state index in [0.717, 1.165) is 0 Å². The fourth-order valence-electron chi connectivity index (χ4n) is 1.68. The summed E-state index contributed by atoms with van der Waals surface area (Å²) in [4.78, 5) is 13.0. The van der Waals surface area contributed by atoms with Crippen LogP contribution in [0.2, 0.25) is 0 Å². The number of anilines is 1. The second-order valence-electron chi connectivity index (χ2n) is 4.44. The fourth-order valence-corrected chi connectivity index (χ4v) is 1.68. The van der Waals surface area contributed by atoms with E-state index in [0.29, 0.717) is 25.2 Å². The first-order valence-electron chi connectivity index (χ1n) is 6.36. The molecule has 0 atom stereocenters. The van der Waals surface area contributed by atoms with E-state index in [4.69, 9.17) is 5.73 Å². The van der Waals surface area contributed by atoms with E-state index in [2.05, 4.69) is 0 Å². The summed E-state index contributed by atoms with van der Waals surface area (Å²) in [5.41, 5.74) is 5.80. The van der Waals surface area contributed by atoms with Crippen LogP contribution in [0.5, 0.6) is 0 Å². The predicted molar refractivity (Wildman–Crippen MR) is 71.3 cm³/mol. The highest BCUT2D eigenvalue weighted by Gasteiger charge is 2.28. The summed E-state index contributed by atoms with van der Waals surface area (Å²) in [6.45, 7) is -0.978. The molecule has 1 amide bonds. The Bertz CT molecular complexity index is 465. The first-order valence-corrected chi connectivity index (χ1v) is 6.36. The highest BCUT2D eigenvalue weighted by molar-refractivity contribution is 5.81. The monoisotopic (exact) mass is 307 g/mol. The molecule has 3 N–H and O–H groups in total. The molecule has 0 aromatic heterocycles. The van der Waals surface area contributed by atoms with E-state index in [9.17, 15) is 22.4 Å². The second-order valence-corrected chi connectivity index (χ2v) is 4.44. The van der Waals surface area contributed by atoms with Crippen molar-refractivity contribution >= 4 is 11.6 Å². The molecule has 0 spiro atoms. The van der Waals surface area contributed by atoms with Gasteiger partial charge in [-0.15, -0.1) is 0 Å². The number of benzene rings is 1. The van der Waals surface area contributed by atoms with Gasteiger partial charge >= 0.3 is 6.18 Å². The van der Waals surface area contributed by atoms with E-state index in [1.165, 1.54) is 23.1 Å². The van der Waals surface area contributed by atoms with Gasteiger partial charge in [-0.1, -0.05) is 6.07 Å². The van der Waals surface area contributed by atoms with Crippen molar-refractivity contribution in [3.8, 4) is 0 Å². The van der Waals surface area contributed by atoms with Gasteiger partial charge in [0.2, 0.25) is 5.91 Å². The molecule has 0 fully saturated rings. The minimum atomic E-state index is -4.46. The molecule has 0 saturated heterocycles. The number of amides is 1. The van der Waals surface area contributed by atoms with Crippen molar-refractivity contribution in [3.05, 3.63) is 30.1 Å². The number of nitrogens with two attached hydrogens (primary N) is 1. The van der Waals surface area contributed by atoms with Crippen molar-refractivity contribution in [2.75, 3.05) is 31.1 Å². The van der Waals surface area contributed by atoms with E-state index in [1.54, 1.807) is 11.4 Å². The maximum atomic E-state index is 13.2. The smallest absolute Gasteiger partial charge is 0.362 e. The molecule has 1 rings (SSSR count). The zero-order chi connectivity index (χ0) is 15.9. The average molecular weight is 307 g/mol. The number of carbonyl (C=O) groups is 1. The van der Waals surface area contributed by atoms with Crippen molar-refractivity contribution in [2.45, 2.75) is 12.6 Å². The van der Waals surface area contributed by atoms with Crippen LogP contribution in [0, 0.1) is 5.82 Å². The molecule has 8 heteroatoms. The van der Waals surface area contributed by atoms with Crippen LogP contribution in [0.1, 0.15) is 6.42 Å². The fraction of sp³-hybridized carbons (Fsp3) is 0.462. The van der Waals surface area contributed by atoms with Crippen LogP contribution in [0.15, 0.2) is 24.3 Å². The van der Waals surface area contributed by atoms with Gasteiger partial charge in [0, 0.05) is 12.2 Å². The van der Waals surface area contributed by atoms with Gasteiger partial charge in [-0.3, -0.25) is 4.79 Å². The molecule has 0 aliphatic carbocycles. The van der Waals surface area contributed by atoms with Crippen molar-refractivity contribution in [1.82, 2.24) is 5.32 Å². The number of hydrogen-bond donors (Lipinski definition) is 2. The molecular weight excluding hydrogens is 290 g/mol. The number of carbonyl (C=O) groups excluding carboxylic acids is 1. The summed E-state index contributed by atoms with van der Waals surface area (Å²) in [6, 6.07) is 5.51. The highest BCUT2D eigenvalue weighted by atomic mass is 19.4. The zero-order valence-corrected chi connectivity index (χ0v) is 11.3. The van der Waals surface area contributed by atoms with Gasteiger partial charge in [0.05, 0.1) is 6.54 Å². The van der Waals surface area contributed by atoms with Crippen molar-refractivity contribution in [3.63, 3.8) is 0 Å². The molecule has 0 radical (unpaired) electrons. The lowest BCUT2D eigenvalue weighted by Crippen LogP contribution is -2.41. The largest absolute Gasteiger partial charge is 0.405 e. The van der Waals surface area contributed by atoms with Gasteiger partial charge in [0.1, 0.15) is 12.4 Å². The first kappa shape index (κ1) is 17.2. The zero-order valence-electron chi connectivity index (χ0n) is 11.3. The Morgan fingerprint density at radius 3 is 2.62 bits per heavy atom. The van der Waals surface area contributed by atoms with E-state index in [-0.39, 0.29) is 6.54 Å². The summed E-state index contributed by atoms with van der Waals surface area (Å²) in [7, 11) is 0. The lowest BCUT2D eigenvalue weighted by Gasteiger charge is -2.24. The third kappa shape index (κ3) is 6.94. The lowest BCUT2D eigenvalue weighted by atomic mass is 10.2. The van der Waals surface area contributed by atoms with Gasteiger partial charge in [-0.25, -0.2) is 4.39 Å². The van der Waals surface area contributed by atoms with Crippen LogP contribution in [-0.2, 0) is 4.79 Å². The summed E-state index contributed by atoms with van der Waals surface area (Å²) in [5, 5.41) is 1.78. The predicted octanol–water partition coefficient (Wildman–Crippen LogP) is 1.66. The van der Waals surface area contributed by atoms with Crippen LogP contribution in [0.3, 0.4) is 0 Å². The summed E-state index contributed by atoms with van der Waals surface area (Å²) < 4.78 is 49.3. The number of halogens is 4. The SMILES string of the molecule is NCCCN(CC(=O)NCC(F)(F)F)c1cccc(F)c1. The molecule has 0 aliphatic heterocycles. The lowest BCUT2D eigenvalue weighted by molar-refractivity contribution is -0.137. The van der Waals surface area contributed by atoms with E-state index >= 15 is 0 Å². The van der Waals surface area contributed by atoms with E-state index < -0.39 is 24.4 Å². The highest BCUT2D eigenvalue weighted by Crippen LogP contribution is 2.16. The van der Waals surface area contributed by atoms with Crippen molar-refractivity contribution < 1.29 is 22.4 Å². The number of nitrogens with zero attached hydrogens (tertiary/aromatic N) is 1. The van der Waals surface area contributed by atoms with Crippen molar-refractivity contribution in [2.24, 2.45) is 5.73 Å². The summed E-state index contributed by atoms with van der Waals surface area (Å²) >= 11 is 0. The quantitative estimate of drug-likeness (QED) is 0.753. The van der Waals surface area contributed by atoms with Crippen LogP contribution in [0.4, 0.5) is 23.2 Å². The van der Waals surface area contributed by atoms with Gasteiger partial charge < -0.3 is 16.0 Å². The maximum Gasteiger partial charge on any atom is 0.405 e. The van der Waals surface area contributed by atoms with Gasteiger partial charge in [0.25, 0.3) is 0 Å². The Morgan fingerprint density at radius 1 is 1.33 bits per heavy atom. The molecular formula is C13H17F4N3O. The topological polar surface area (TPSA) is 58.4 Å². The molecule has 118 valence electrons. The minimum absolute atomic E-state index is 0.292. The van der Waals surface area contributed by atoms with E-state index in [1.807, 2.05) is 0 Å². The Kier molecular flexibility index (Phi) is 6.41. The average Bonchev–Trinajstić information content (AvgIpc) is 2.40. The number of rotatable bonds is 7. The first-order chi connectivity index (χ1) is 9.81. The third-order valence-corrected chi connectivity index (χ3v) is 2.63. The Morgan fingerprint density at radius 2 is 2.05 bits per heavy atom. The van der Waals surface area contributed by atoms with Gasteiger partial charge in [-0.05, 0) is 31.2 Å². The minimum Gasteiger partial charge on any atom is -0.362 e. The van der Waals surface area contributed by atoms with Crippen LogP contribution in [0.25, 0.3) is 0 Å². The Hall–Kier alpha value is -1.83. The standard InChI is InChI=1S/C13H17F4N3O/c14-10-3-1-4-11(7-10)20(6-2-5-18)8-12(21)19-9-13(15,16)17/h1,3-4,7H,2,5-6,8-9,18H2,(H,19,21). The molecule has 0 heterocycles. The molecule has 4 nitrogen and oxygen atoms in total. The number of nitrogens with one attached hydrogen (secondary N) is 1. The molecule has 0 saturated carbocycles. The summed E-state index contributed by atoms with van der Waals surface area (Å²) in [6.07, 6.45) is -3.93. The second kappa shape index (κ2) is 7.82. The van der Waals surface area contributed by atoms with Gasteiger partial charge in [0.15, 0.2) is 0 Å². The molecule has 0 unspecified atom stereocenters.